The van der Waals surface area contributed by atoms with Crippen LogP contribution in [-0.4, -0.2) is 43.6 Å². The molecule has 19 heavy (non-hydrogen) atoms. The van der Waals surface area contributed by atoms with E-state index in [4.69, 9.17) is 0 Å². The van der Waals surface area contributed by atoms with Crippen molar-refractivity contribution in [2.75, 3.05) is 23.0 Å². The summed E-state index contributed by atoms with van der Waals surface area (Å²) in [5, 5.41) is 9.26. The number of aromatic carboxylic acids is 1. The van der Waals surface area contributed by atoms with E-state index in [0.717, 1.165) is 5.56 Å². The zero-order valence-corrected chi connectivity index (χ0v) is 11.8. The molecule has 1 unspecified atom stereocenters. The van der Waals surface area contributed by atoms with Gasteiger partial charge in [-0.3, -0.25) is 0 Å². The molecule has 2 rings (SSSR count). The Morgan fingerprint density at radius 1 is 1.42 bits per heavy atom. The number of aryl methyl sites for hydroxylation is 1. The number of anilines is 1. The summed E-state index contributed by atoms with van der Waals surface area (Å²) in [6.45, 7) is 4.00. The van der Waals surface area contributed by atoms with Gasteiger partial charge in [0.05, 0.1) is 22.8 Å². The first-order valence-corrected chi connectivity index (χ1v) is 7.94. The highest BCUT2D eigenvalue weighted by molar-refractivity contribution is 7.91. The van der Waals surface area contributed by atoms with E-state index in [0.29, 0.717) is 12.2 Å². The first-order chi connectivity index (χ1) is 8.82. The molecule has 1 aromatic rings. The summed E-state index contributed by atoms with van der Waals surface area (Å²) < 4.78 is 23.2. The minimum Gasteiger partial charge on any atom is -0.478 e. The van der Waals surface area contributed by atoms with Crippen LogP contribution < -0.4 is 4.90 Å². The maximum absolute atomic E-state index is 11.6. The van der Waals surface area contributed by atoms with Gasteiger partial charge in [0.1, 0.15) is 0 Å². The molecule has 0 aliphatic carbocycles. The third-order valence-corrected chi connectivity index (χ3v) is 5.22. The molecule has 0 aromatic heterocycles. The van der Waals surface area contributed by atoms with Gasteiger partial charge in [0.2, 0.25) is 0 Å². The zero-order chi connectivity index (χ0) is 14.2. The van der Waals surface area contributed by atoms with Crippen LogP contribution in [0.4, 0.5) is 5.69 Å². The number of hydrogen-bond acceptors (Lipinski definition) is 4. The lowest BCUT2D eigenvalue weighted by Gasteiger charge is -2.36. The Labute approximate surface area is 112 Å². The molecule has 1 aliphatic heterocycles. The van der Waals surface area contributed by atoms with Gasteiger partial charge in [-0.25, -0.2) is 13.2 Å². The van der Waals surface area contributed by atoms with Crippen molar-refractivity contribution in [1.82, 2.24) is 0 Å². The fraction of sp³-hybridized carbons (Fsp3) is 0.462. The number of carbonyl (C=O) groups is 1. The van der Waals surface area contributed by atoms with Gasteiger partial charge in [0, 0.05) is 12.6 Å². The number of para-hydroxylation sites is 1. The first-order valence-electron chi connectivity index (χ1n) is 6.12. The highest BCUT2D eigenvalue weighted by atomic mass is 32.2. The van der Waals surface area contributed by atoms with E-state index < -0.39 is 15.8 Å². The number of hydrogen-bond donors (Lipinski definition) is 1. The van der Waals surface area contributed by atoms with Gasteiger partial charge in [0.25, 0.3) is 0 Å². The maximum atomic E-state index is 11.6. The van der Waals surface area contributed by atoms with E-state index >= 15 is 0 Å². The van der Waals surface area contributed by atoms with Crippen molar-refractivity contribution in [1.29, 1.82) is 0 Å². The van der Waals surface area contributed by atoms with Gasteiger partial charge in [-0.2, -0.15) is 0 Å². The van der Waals surface area contributed by atoms with E-state index in [9.17, 15) is 18.3 Å². The third-order valence-electron chi connectivity index (χ3n) is 3.43. The Hall–Kier alpha value is -1.56. The minimum atomic E-state index is -3.01. The van der Waals surface area contributed by atoms with Gasteiger partial charge in [-0.1, -0.05) is 12.1 Å². The van der Waals surface area contributed by atoms with E-state index in [1.165, 1.54) is 0 Å². The van der Waals surface area contributed by atoms with Gasteiger partial charge in [0.15, 0.2) is 9.84 Å². The first kappa shape index (κ1) is 13.9. The molecule has 0 radical (unpaired) electrons. The Balaban J connectivity index is 2.45. The van der Waals surface area contributed by atoms with Crippen LogP contribution in [0, 0.1) is 6.92 Å². The Morgan fingerprint density at radius 2 is 2.11 bits per heavy atom. The van der Waals surface area contributed by atoms with Crippen molar-refractivity contribution in [3.05, 3.63) is 29.3 Å². The van der Waals surface area contributed by atoms with Crippen molar-refractivity contribution in [2.45, 2.75) is 19.9 Å². The van der Waals surface area contributed by atoms with E-state index in [1.54, 1.807) is 12.1 Å². The van der Waals surface area contributed by atoms with Crippen LogP contribution in [0.1, 0.15) is 22.8 Å². The van der Waals surface area contributed by atoms with Crippen LogP contribution >= 0.6 is 0 Å². The van der Waals surface area contributed by atoms with Crippen LogP contribution in [0.15, 0.2) is 18.2 Å². The lowest BCUT2D eigenvalue weighted by molar-refractivity contribution is 0.0697. The molecular weight excluding hydrogens is 266 g/mol. The second kappa shape index (κ2) is 4.85. The standard InChI is InChI=1S/C13H17NO4S/c1-9-4-3-5-11(13(15)16)12(9)14-6-7-19(17,18)8-10(14)2/h3-5,10H,6-8H2,1-2H3,(H,15,16). The molecule has 0 spiro atoms. The van der Waals surface area contributed by atoms with Crippen molar-refractivity contribution in [3.63, 3.8) is 0 Å². The molecule has 1 atom stereocenters. The number of carboxylic acids is 1. The maximum Gasteiger partial charge on any atom is 0.337 e. The molecular formula is C13H17NO4S. The molecule has 1 aliphatic rings. The Kier molecular flexibility index (Phi) is 3.54. The summed E-state index contributed by atoms with van der Waals surface area (Å²) in [4.78, 5) is 13.2. The fourth-order valence-electron chi connectivity index (χ4n) is 2.54. The van der Waals surface area contributed by atoms with E-state index in [-0.39, 0.29) is 23.1 Å². The number of sulfone groups is 1. The monoisotopic (exact) mass is 283 g/mol. The fourth-order valence-corrected chi connectivity index (χ4v) is 4.10. The predicted octanol–water partition coefficient (Wildman–Crippen LogP) is 1.32. The quantitative estimate of drug-likeness (QED) is 0.886. The lowest BCUT2D eigenvalue weighted by Crippen LogP contribution is -2.47. The molecule has 0 bridgehead atoms. The molecule has 6 heteroatoms. The van der Waals surface area contributed by atoms with E-state index in [2.05, 4.69) is 0 Å². The van der Waals surface area contributed by atoms with Crippen LogP contribution in [-0.2, 0) is 9.84 Å². The van der Waals surface area contributed by atoms with Gasteiger partial charge in [-0.05, 0) is 25.5 Å². The summed E-state index contributed by atoms with van der Waals surface area (Å²) in [6.07, 6.45) is 0. The average Bonchev–Trinajstić information content (AvgIpc) is 2.28. The van der Waals surface area contributed by atoms with E-state index in [1.807, 2.05) is 24.8 Å². The number of rotatable bonds is 2. The number of nitrogens with zero attached hydrogens (tertiary/aromatic N) is 1. The highest BCUT2D eigenvalue weighted by Crippen LogP contribution is 2.29. The molecule has 1 heterocycles. The summed E-state index contributed by atoms with van der Waals surface area (Å²) in [6, 6.07) is 4.89. The SMILES string of the molecule is Cc1cccc(C(=O)O)c1N1CCS(=O)(=O)CC1C. The summed E-state index contributed by atoms with van der Waals surface area (Å²) in [5.41, 5.74) is 1.72. The second-order valence-corrected chi connectivity index (χ2v) is 7.16. The molecule has 1 aromatic carbocycles. The number of carboxylic acid groups (broad SMARTS) is 1. The van der Waals surface area contributed by atoms with Crippen LogP contribution in [0.3, 0.4) is 0 Å². The Morgan fingerprint density at radius 3 is 2.68 bits per heavy atom. The van der Waals surface area contributed by atoms with Crippen LogP contribution in [0.2, 0.25) is 0 Å². The molecule has 1 fully saturated rings. The third kappa shape index (κ3) is 2.73. The Bertz CT molecular complexity index is 609. The zero-order valence-electron chi connectivity index (χ0n) is 11.0. The van der Waals surface area contributed by atoms with Crippen molar-refractivity contribution in [3.8, 4) is 0 Å². The average molecular weight is 283 g/mol. The highest BCUT2D eigenvalue weighted by Gasteiger charge is 2.31. The summed E-state index contributed by atoms with van der Waals surface area (Å²) in [5.74, 6) is -0.843. The molecule has 0 saturated carbocycles. The van der Waals surface area contributed by atoms with Gasteiger partial charge < -0.3 is 10.0 Å². The predicted molar refractivity (Wildman–Crippen MR) is 73.6 cm³/mol. The smallest absolute Gasteiger partial charge is 0.337 e. The minimum absolute atomic E-state index is 0.0698. The molecule has 5 nitrogen and oxygen atoms in total. The van der Waals surface area contributed by atoms with Gasteiger partial charge in [-0.15, -0.1) is 0 Å². The normalized spacial score (nSPS) is 22.2. The van der Waals surface area contributed by atoms with Crippen molar-refractivity contribution >= 4 is 21.5 Å². The van der Waals surface area contributed by atoms with Crippen LogP contribution in [0.25, 0.3) is 0 Å². The molecule has 1 N–H and O–H groups in total. The topological polar surface area (TPSA) is 74.7 Å². The van der Waals surface area contributed by atoms with Crippen molar-refractivity contribution < 1.29 is 18.3 Å². The molecule has 1 saturated heterocycles. The van der Waals surface area contributed by atoms with Gasteiger partial charge >= 0.3 is 5.97 Å². The van der Waals surface area contributed by atoms with Crippen LogP contribution in [0.5, 0.6) is 0 Å². The molecule has 104 valence electrons. The summed E-state index contributed by atoms with van der Waals surface area (Å²) >= 11 is 0. The lowest BCUT2D eigenvalue weighted by atomic mass is 10.1. The number of benzene rings is 1. The summed E-state index contributed by atoms with van der Waals surface area (Å²) in [7, 11) is -3.01. The molecule has 0 amide bonds. The second-order valence-electron chi connectivity index (χ2n) is 4.93. The van der Waals surface area contributed by atoms with Crippen molar-refractivity contribution in [2.24, 2.45) is 0 Å². The largest absolute Gasteiger partial charge is 0.478 e.